The second kappa shape index (κ2) is 48.9. The molecule has 0 heterocycles. The number of carbonyl (C=O) groups excluding carboxylic acids is 3. The van der Waals surface area contributed by atoms with E-state index in [1.807, 2.05) is 21.1 Å². The molecule has 67 heavy (non-hydrogen) atoms. The average Bonchev–Trinajstić information content (AvgIpc) is 3.29. The molecule has 2 atom stereocenters. The Kier molecular flexibility index (Phi) is 46.3. The number of allylic oxidation sites excluding steroid dienone is 14. The van der Waals surface area contributed by atoms with Gasteiger partial charge in [-0.2, -0.15) is 0 Å². The second-order valence-corrected chi connectivity index (χ2v) is 18.8. The van der Waals surface area contributed by atoms with Crippen molar-refractivity contribution in [3.8, 4) is 0 Å². The highest BCUT2D eigenvalue weighted by Gasteiger charge is 2.22. The maximum absolute atomic E-state index is 12.8. The Labute approximate surface area is 410 Å². The predicted octanol–water partition coefficient (Wildman–Crippen LogP) is 13.9. The first kappa shape index (κ1) is 63.5. The summed E-state index contributed by atoms with van der Waals surface area (Å²) in [4.78, 5) is 37.2. The molecule has 9 heteroatoms. The van der Waals surface area contributed by atoms with Crippen LogP contribution in [0.15, 0.2) is 85.1 Å². The predicted molar refractivity (Wildman–Crippen MR) is 278 cm³/mol. The fourth-order valence-corrected chi connectivity index (χ4v) is 7.00. The van der Waals surface area contributed by atoms with Crippen molar-refractivity contribution >= 4 is 17.9 Å². The molecule has 384 valence electrons. The molecule has 0 aliphatic rings. The van der Waals surface area contributed by atoms with Gasteiger partial charge in [0.15, 0.2) is 12.4 Å². The maximum Gasteiger partial charge on any atom is 0.306 e. The molecule has 0 bridgehead atoms. The Morgan fingerprint density at radius 3 is 1.27 bits per heavy atom. The summed E-state index contributed by atoms with van der Waals surface area (Å²) in [5.41, 5.74) is 0. The van der Waals surface area contributed by atoms with E-state index >= 15 is 0 Å². The van der Waals surface area contributed by atoms with Crippen LogP contribution in [-0.2, 0) is 33.3 Å². The molecular weight excluding hydrogens is 839 g/mol. The Hall–Kier alpha value is -3.53. The average molecular weight is 938 g/mol. The third-order valence-corrected chi connectivity index (χ3v) is 11.1. The van der Waals surface area contributed by atoms with Crippen LogP contribution in [-0.4, -0.2) is 82.3 Å². The van der Waals surface area contributed by atoms with Gasteiger partial charge >= 0.3 is 11.9 Å². The van der Waals surface area contributed by atoms with Crippen LogP contribution in [0.5, 0.6) is 0 Å². The normalized spacial score (nSPS) is 13.5. The van der Waals surface area contributed by atoms with Crippen LogP contribution in [0.4, 0.5) is 0 Å². The number of aliphatic carboxylic acids is 1. The van der Waals surface area contributed by atoms with Crippen molar-refractivity contribution in [1.29, 1.82) is 0 Å². The van der Waals surface area contributed by atoms with Gasteiger partial charge in [-0.25, -0.2) is 0 Å². The highest BCUT2D eigenvalue weighted by atomic mass is 16.7. The van der Waals surface area contributed by atoms with Crippen molar-refractivity contribution in [3.63, 3.8) is 0 Å². The Balaban J connectivity index is 4.36. The number of quaternary nitrogens is 1. The molecule has 0 rings (SSSR count). The third kappa shape index (κ3) is 50.2. The maximum atomic E-state index is 12.8. The first-order valence-corrected chi connectivity index (χ1v) is 26.7. The van der Waals surface area contributed by atoms with Crippen LogP contribution in [0.1, 0.15) is 206 Å². The van der Waals surface area contributed by atoms with Gasteiger partial charge in [-0.3, -0.25) is 9.59 Å². The number of hydrogen-bond acceptors (Lipinski definition) is 8. The van der Waals surface area contributed by atoms with E-state index in [4.69, 9.17) is 18.9 Å². The van der Waals surface area contributed by atoms with Crippen LogP contribution < -0.4 is 5.11 Å². The minimum atomic E-state index is -1.63. The molecule has 2 unspecified atom stereocenters. The number of hydrogen-bond donors (Lipinski definition) is 0. The summed E-state index contributed by atoms with van der Waals surface area (Å²) >= 11 is 0. The fourth-order valence-electron chi connectivity index (χ4n) is 7.00. The molecule has 0 aliphatic carbocycles. The van der Waals surface area contributed by atoms with Gasteiger partial charge in [-0.1, -0.05) is 189 Å². The standard InChI is InChI=1S/C58H99NO8/c1-6-8-10-12-14-16-18-20-22-24-26-27-28-29-31-33-35-37-39-41-43-45-47-49-56(61)67-54(53-66-58(57(62)63)64-51-50-59(3,4)5)52-65-55(60)48-46-44-42-40-38-36-34-32-30-25-23-21-19-17-15-13-11-9-7-2/h8,10,14-17,20-23,26-27,29,31,54,58H,6-7,9,11-13,18-19,24-25,28,30,32-53H2,1-5H3/b10-8-,16-14-,17-15-,22-20-,23-21-,27-26-,31-29-. The lowest BCUT2D eigenvalue weighted by Gasteiger charge is -2.26. The monoisotopic (exact) mass is 938 g/mol. The molecule has 0 N–H and O–H groups in total. The molecule has 0 radical (unpaired) electrons. The van der Waals surface area contributed by atoms with Gasteiger partial charge in [0.25, 0.3) is 0 Å². The molecule has 9 nitrogen and oxygen atoms in total. The van der Waals surface area contributed by atoms with Gasteiger partial charge in [0.05, 0.1) is 40.3 Å². The van der Waals surface area contributed by atoms with Crippen molar-refractivity contribution in [2.75, 3.05) is 47.5 Å². The summed E-state index contributed by atoms with van der Waals surface area (Å²) < 4.78 is 22.6. The molecule has 0 aromatic rings. The molecule has 0 aromatic heterocycles. The van der Waals surface area contributed by atoms with Gasteiger partial charge in [0.2, 0.25) is 0 Å². The van der Waals surface area contributed by atoms with Crippen LogP contribution >= 0.6 is 0 Å². The van der Waals surface area contributed by atoms with Gasteiger partial charge in [0.1, 0.15) is 13.2 Å². The summed E-state index contributed by atoms with van der Waals surface area (Å²) in [6.07, 6.45) is 60.4. The number of rotatable bonds is 48. The molecular formula is C58H99NO8. The number of ether oxygens (including phenoxy) is 4. The fraction of sp³-hybridized carbons (Fsp3) is 0.707. The lowest BCUT2D eigenvalue weighted by atomic mass is 10.1. The van der Waals surface area contributed by atoms with E-state index in [1.165, 1.54) is 77.0 Å². The first-order valence-electron chi connectivity index (χ1n) is 26.7. The zero-order chi connectivity index (χ0) is 49.2. The number of nitrogens with zero attached hydrogens (tertiary/aromatic N) is 1. The molecule has 0 saturated carbocycles. The molecule has 0 fully saturated rings. The van der Waals surface area contributed by atoms with Crippen molar-refractivity contribution < 1.29 is 42.9 Å². The summed E-state index contributed by atoms with van der Waals surface area (Å²) in [5, 5.41) is 11.8. The van der Waals surface area contributed by atoms with Crippen molar-refractivity contribution in [3.05, 3.63) is 85.1 Å². The number of carboxylic acid groups (broad SMARTS) is 1. The minimum Gasteiger partial charge on any atom is -0.545 e. The van der Waals surface area contributed by atoms with Crippen molar-refractivity contribution in [2.24, 2.45) is 0 Å². The van der Waals surface area contributed by atoms with E-state index in [-0.39, 0.29) is 38.6 Å². The highest BCUT2D eigenvalue weighted by Crippen LogP contribution is 2.14. The number of carboxylic acids is 1. The van der Waals surface area contributed by atoms with Crippen LogP contribution in [0, 0.1) is 0 Å². The summed E-state index contributed by atoms with van der Waals surface area (Å²) in [6.45, 7) is 4.58. The Bertz CT molecular complexity index is 1370. The second-order valence-electron chi connectivity index (χ2n) is 18.8. The van der Waals surface area contributed by atoms with E-state index in [0.717, 1.165) is 96.3 Å². The Morgan fingerprint density at radius 1 is 0.463 bits per heavy atom. The molecule has 0 aromatic carbocycles. The van der Waals surface area contributed by atoms with Crippen molar-refractivity contribution in [2.45, 2.75) is 219 Å². The number of carbonyl (C=O) groups is 3. The molecule has 0 amide bonds. The molecule has 0 aliphatic heterocycles. The van der Waals surface area contributed by atoms with E-state index in [2.05, 4.69) is 98.9 Å². The lowest BCUT2D eigenvalue weighted by molar-refractivity contribution is -0.870. The lowest BCUT2D eigenvalue weighted by Crippen LogP contribution is -2.44. The SMILES string of the molecule is CC/C=C\C/C=C\C/C=C\C/C=C\C/C=C\CCCCCCCCCC(=O)OC(COC(=O)CCCCCCCCCCC/C=C\C/C=C\CCCCC)COC(OCC[N+](C)(C)C)C(=O)[O-]. The number of likely N-dealkylation sites (N-methyl/N-ethyl adjacent to an activating group) is 1. The van der Waals surface area contributed by atoms with Gasteiger partial charge < -0.3 is 33.3 Å². The summed E-state index contributed by atoms with van der Waals surface area (Å²) in [6, 6.07) is 0. The Morgan fingerprint density at radius 2 is 0.851 bits per heavy atom. The minimum absolute atomic E-state index is 0.140. The van der Waals surface area contributed by atoms with E-state index in [0.29, 0.717) is 17.4 Å². The highest BCUT2D eigenvalue weighted by molar-refractivity contribution is 5.70. The van der Waals surface area contributed by atoms with E-state index < -0.39 is 24.3 Å². The topological polar surface area (TPSA) is 111 Å². The first-order chi connectivity index (χ1) is 32.6. The summed E-state index contributed by atoms with van der Waals surface area (Å²) in [5.74, 6) is -2.31. The smallest absolute Gasteiger partial charge is 0.306 e. The molecule has 0 spiro atoms. The van der Waals surface area contributed by atoms with Crippen LogP contribution in [0.3, 0.4) is 0 Å². The number of unbranched alkanes of at least 4 members (excludes halogenated alkanes) is 19. The quantitative estimate of drug-likeness (QED) is 0.0195. The molecule has 0 saturated heterocycles. The van der Waals surface area contributed by atoms with E-state index in [1.54, 1.807) is 0 Å². The zero-order valence-corrected chi connectivity index (χ0v) is 43.5. The van der Waals surface area contributed by atoms with Gasteiger partial charge in [0, 0.05) is 12.8 Å². The zero-order valence-electron chi connectivity index (χ0n) is 43.5. The third-order valence-electron chi connectivity index (χ3n) is 11.1. The van der Waals surface area contributed by atoms with Crippen molar-refractivity contribution in [1.82, 2.24) is 0 Å². The largest absolute Gasteiger partial charge is 0.545 e. The van der Waals surface area contributed by atoms with Gasteiger partial charge in [-0.05, 0) is 89.9 Å². The van der Waals surface area contributed by atoms with Crippen LogP contribution in [0.2, 0.25) is 0 Å². The van der Waals surface area contributed by atoms with E-state index in [9.17, 15) is 19.5 Å². The summed E-state index contributed by atoms with van der Waals surface area (Å²) in [7, 11) is 5.91. The number of esters is 2. The van der Waals surface area contributed by atoms with Crippen LogP contribution in [0.25, 0.3) is 0 Å². The van der Waals surface area contributed by atoms with Gasteiger partial charge in [-0.15, -0.1) is 0 Å².